The Kier molecular flexibility index (Phi) is 4.86. The summed E-state index contributed by atoms with van der Waals surface area (Å²) in [5, 5.41) is 4.40. The lowest BCUT2D eigenvalue weighted by Crippen LogP contribution is -2.54. The fraction of sp³-hybridized carbons (Fsp3) is 0.550. The summed E-state index contributed by atoms with van der Waals surface area (Å²) in [6.45, 7) is 7.32. The molecule has 1 aromatic carbocycles. The largest absolute Gasteiger partial charge is 0.377 e. The summed E-state index contributed by atoms with van der Waals surface area (Å²) in [5.74, 6) is 0.781. The van der Waals surface area contributed by atoms with Gasteiger partial charge in [0.1, 0.15) is 12.4 Å². The van der Waals surface area contributed by atoms with Crippen LogP contribution in [0, 0.1) is 0 Å². The van der Waals surface area contributed by atoms with Crippen molar-refractivity contribution in [2.24, 2.45) is 0 Å². The molecule has 0 radical (unpaired) electrons. The maximum atomic E-state index is 13.3. The number of carbonyl (C=O) groups is 1. The third-order valence-corrected chi connectivity index (χ3v) is 5.62. The van der Waals surface area contributed by atoms with Crippen LogP contribution in [0.3, 0.4) is 0 Å². The molecule has 0 spiro atoms. The first kappa shape index (κ1) is 18.0. The molecule has 7 nitrogen and oxygen atoms in total. The molecule has 1 aromatic heterocycles. The van der Waals surface area contributed by atoms with Gasteiger partial charge < -0.3 is 14.5 Å². The predicted octanol–water partition coefficient (Wildman–Crippen LogP) is 2.69. The average Bonchev–Trinajstić information content (AvgIpc) is 3.27. The fourth-order valence-corrected chi connectivity index (χ4v) is 4.07. The van der Waals surface area contributed by atoms with Crippen molar-refractivity contribution in [3.63, 3.8) is 0 Å². The highest BCUT2D eigenvalue weighted by Crippen LogP contribution is 2.32. The zero-order chi connectivity index (χ0) is 18.9. The lowest BCUT2D eigenvalue weighted by Gasteiger charge is -2.41. The first-order chi connectivity index (χ1) is 13.1. The van der Waals surface area contributed by atoms with Crippen molar-refractivity contribution in [2.45, 2.75) is 44.8 Å². The van der Waals surface area contributed by atoms with Gasteiger partial charge in [0.05, 0.1) is 19.8 Å². The van der Waals surface area contributed by atoms with Crippen molar-refractivity contribution in [2.75, 3.05) is 26.3 Å². The molecule has 2 amide bonds. The molecule has 1 atom stereocenters. The van der Waals surface area contributed by atoms with Crippen LogP contribution in [-0.2, 0) is 11.3 Å². The third-order valence-electron chi connectivity index (χ3n) is 5.62. The van der Waals surface area contributed by atoms with Gasteiger partial charge >= 0.3 is 6.03 Å². The summed E-state index contributed by atoms with van der Waals surface area (Å²) < 4.78 is 7.59. The minimum Gasteiger partial charge on any atom is -0.377 e. The van der Waals surface area contributed by atoms with Crippen LogP contribution in [0.5, 0.6) is 0 Å². The summed E-state index contributed by atoms with van der Waals surface area (Å²) in [6, 6.07) is 10.0. The first-order valence-electron chi connectivity index (χ1n) is 9.64. The Balaban J connectivity index is 1.58. The van der Waals surface area contributed by atoms with E-state index in [0.29, 0.717) is 26.3 Å². The minimum atomic E-state index is -0.214. The molecule has 0 aliphatic carbocycles. The Morgan fingerprint density at radius 2 is 2.07 bits per heavy atom. The molecule has 7 heteroatoms. The van der Waals surface area contributed by atoms with Crippen LogP contribution in [0.1, 0.15) is 44.1 Å². The topological polar surface area (TPSA) is 63.5 Å². The highest BCUT2D eigenvalue weighted by atomic mass is 16.5. The Morgan fingerprint density at radius 1 is 1.26 bits per heavy atom. The summed E-state index contributed by atoms with van der Waals surface area (Å²) in [7, 11) is 0. The van der Waals surface area contributed by atoms with Gasteiger partial charge in [-0.15, -0.1) is 0 Å². The number of carbonyl (C=O) groups excluding carboxylic acids is 1. The van der Waals surface area contributed by atoms with Crippen LogP contribution in [0.25, 0.3) is 0 Å². The Morgan fingerprint density at radius 3 is 2.81 bits per heavy atom. The van der Waals surface area contributed by atoms with E-state index < -0.39 is 0 Å². The molecule has 4 rings (SSSR count). The van der Waals surface area contributed by atoms with E-state index in [4.69, 9.17) is 4.74 Å². The van der Waals surface area contributed by atoms with Gasteiger partial charge in [0.25, 0.3) is 0 Å². The molecule has 1 unspecified atom stereocenters. The molecule has 2 aromatic rings. The van der Waals surface area contributed by atoms with E-state index in [2.05, 4.69) is 36.1 Å². The SMILES string of the molecule is CC1(C)CCCN1C(=O)N1CCOCC1c1ncnn1Cc1ccccc1. The van der Waals surface area contributed by atoms with Crippen LogP contribution in [-0.4, -0.2) is 62.4 Å². The monoisotopic (exact) mass is 369 g/mol. The van der Waals surface area contributed by atoms with Gasteiger partial charge in [-0.2, -0.15) is 5.10 Å². The zero-order valence-corrected chi connectivity index (χ0v) is 16.0. The van der Waals surface area contributed by atoms with Gasteiger partial charge in [0, 0.05) is 18.6 Å². The first-order valence-corrected chi connectivity index (χ1v) is 9.64. The molecule has 3 heterocycles. The van der Waals surface area contributed by atoms with Crippen LogP contribution >= 0.6 is 0 Å². The second-order valence-electron chi connectivity index (χ2n) is 7.90. The Hall–Kier alpha value is -2.41. The number of aromatic nitrogens is 3. The van der Waals surface area contributed by atoms with Crippen LogP contribution < -0.4 is 0 Å². The lowest BCUT2D eigenvalue weighted by molar-refractivity contribution is -0.00512. The van der Waals surface area contributed by atoms with E-state index in [-0.39, 0.29) is 17.6 Å². The van der Waals surface area contributed by atoms with E-state index in [0.717, 1.165) is 30.8 Å². The van der Waals surface area contributed by atoms with Gasteiger partial charge in [0.15, 0.2) is 5.82 Å². The average molecular weight is 369 g/mol. The van der Waals surface area contributed by atoms with Gasteiger partial charge in [0.2, 0.25) is 0 Å². The number of morpholine rings is 1. The molecule has 27 heavy (non-hydrogen) atoms. The highest BCUT2D eigenvalue weighted by molar-refractivity contribution is 5.76. The molecular formula is C20H27N5O2. The number of urea groups is 1. The molecule has 2 aliphatic heterocycles. The Labute approximate surface area is 159 Å². The van der Waals surface area contributed by atoms with E-state index in [1.807, 2.05) is 32.7 Å². The standard InChI is InChI=1S/C20H27N5O2/c1-20(2)9-6-10-24(20)19(26)23-11-12-27-14-17(23)18-21-15-22-25(18)13-16-7-4-3-5-8-16/h3-5,7-8,15,17H,6,9-14H2,1-2H3. The molecule has 2 fully saturated rings. The number of rotatable bonds is 3. The quantitative estimate of drug-likeness (QED) is 0.834. The smallest absolute Gasteiger partial charge is 0.321 e. The number of ether oxygens (including phenoxy) is 1. The van der Waals surface area contributed by atoms with Crippen molar-refractivity contribution in [3.05, 3.63) is 48.0 Å². The molecule has 0 bridgehead atoms. The molecule has 0 N–H and O–H groups in total. The summed E-state index contributed by atoms with van der Waals surface area (Å²) in [6.07, 6.45) is 3.66. The van der Waals surface area contributed by atoms with Gasteiger partial charge in [-0.05, 0) is 32.3 Å². The number of likely N-dealkylation sites (tertiary alicyclic amines) is 1. The summed E-state index contributed by atoms with van der Waals surface area (Å²) in [5.41, 5.74) is 1.05. The molecular weight excluding hydrogens is 342 g/mol. The van der Waals surface area contributed by atoms with Crippen molar-refractivity contribution in [3.8, 4) is 0 Å². The molecule has 0 saturated carbocycles. The second-order valence-corrected chi connectivity index (χ2v) is 7.90. The van der Waals surface area contributed by atoms with Gasteiger partial charge in [-0.1, -0.05) is 30.3 Å². The number of hydrogen-bond donors (Lipinski definition) is 0. The van der Waals surface area contributed by atoms with Crippen LogP contribution in [0.15, 0.2) is 36.7 Å². The second kappa shape index (κ2) is 7.31. The maximum Gasteiger partial charge on any atom is 0.321 e. The number of nitrogens with zero attached hydrogens (tertiary/aromatic N) is 5. The fourth-order valence-electron chi connectivity index (χ4n) is 4.07. The van der Waals surface area contributed by atoms with E-state index in [9.17, 15) is 4.79 Å². The van der Waals surface area contributed by atoms with Gasteiger partial charge in [-0.3, -0.25) is 0 Å². The Bertz CT molecular complexity index is 789. The third kappa shape index (κ3) is 3.56. The molecule has 2 saturated heterocycles. The highest BCUT2D eigenvalue weighted by Gasteiger charge is 2.41. The number of amides is 2. The maximum absolute atomic E-state index is 13.3. The molecule has 2 aliphatic rings. The number of benzene rings is 1. The predicted molar refractivity (Wildman–Crippen MR) is 101 cm³/mol. The summed E-state index contributed by atoms with van der Waals surface area (Å²) in [4.78, 5) is 21.7. The zero-order valence-electron chi connectivity index (χ0n) is 16.0. The van der Waals surface area contributed by atoms with E-state index in [1.165, 1.54) is 0 Å². The van der Waals surface area contributed by atoms with Crippen molar-refractivity contribution >= 4 is 6.03 Å². The minimum absolute atomic E-state index is 0.0834. The van der Waals surface area contributed by atoms with Crippen LogP contribution in [0.4, 0.5) is 4.79 Å². The van der Waals surface area contributed by atoms with E-state index in [1.54, 1.807) is 6.33 Å². The molecule has 144 valence electrons. The van der Waals surface area contributed by atoms with Crippen molar-refractivity contribution < 1.29 is 9.53 Å². The van der Waals surface area contributed by atoms with Crippen molar-refractivity contribution in [1.82, 2.24) is 24.6 Å². The lowest BCUT2D eigenvalue weighted by atomic mass is 10.0. The number of hydrogen-bond acceptors (Lipinski definition) is 4. The van der Waals surface area contributed by atoms with E-state index >= 15 is 0 Å². The van der Waals surface area contributed by atoms with Crippen LogP contribution in [0.2, 0.25) is 0 Å². The summed E-state index contributed by atoms with van der Waals surface area (Å²) >= 11 is 0. The van der Waals surface area contributed by atoms with Crippen molar-refractivity contribution in [1.29, 1.82) is 0 Å². The van der Waals surface area contributed by atoms with Gasteiger partial charge in [-0.25, -0.2) is 14.5 Å². The normalized spacial score (nSPS) is 22.2.